The fourth-order valence-corrected chi connectivity index (χ4v) is 3.40. The van der Waals surface area contributed by atoms with Gasteiger partial charge in [0.05, 0.1) is 0 Å². The quantitative estimate of drug-likeness (QED) is 0.711. The molecule has 0 radical (unpaired) electrons. The van der Waals surface area contributed by atoms with Crippen LogP contribution in [-0.2, 0) is 4.79 Å². The summed E-state index contributed by atoms with van der Waals surface area (Å²) in [7, 11) is 0. The highest BCUT2D eigenvalue weighted by Crippen LogP contribution is 2.38. The third-order valence-corrected chi connectivity index (χ3v) is 4.90. The first-order chi connectivity index (χ1) is 13.2. The third kappa shape index (κ3) is 2.81. The topological polar surface area (TPSA) is 77.7 Å². The van der Waals surface area contributed by atoms with Gasteiger partial charge in [0.25, 0.3) is 5.89 Å². The minimum absolute atomic E-state index is 0.0283. The maximum absolute atomic E-state index is 12.5. The van der Waals surface area contributed by atoms with E-state index in [4.69, 9.17) is 14.0 Å². The van der Waals surface area contributed by atoms with Crippen LogP contribution in [0.2, 0.25) is 0 Å². The van der Waals surface area contributed by atoms with Gasteiger partial charge >= 0.3 is 0 Å². The van der Waals surface area contributed by atoms with Crippen molar-refractivity contribution in [2.45, 2.75) is 19.3 Å². The predicted octanol–water partition coefficient (Wildman–Crippen LogP) is 3.29. The number of rotatable bonds is 3. The molecule has 2 aromatic carbocycles. The van der Waals surface area contributed by atoms with Crippen LogP contribution in [0.25, 0.3) is 11.5 Å². The highest BCUT2D eigenvalue weighted by Gasteiger charge is 2.35. The van der Waals surface area contributed by atoms with Gasteiger partial charge in [0.1, 0.15) is 0 Å². The van der Waals surface area contributed by atoms with Gasteiger partial charge < -0.3 is 18.9 Å². The van der Waals surface area contributed by atoms with Crippen LogP contribution in [0.1, 0.15) is 23.7 Å². The summed E-state index contributed by atoms with van der Waals surface area (Å²) >= 11 is 0. The average molecular weight is 363 g/mol. The molecule has 27 heavy (non-hydrogen) atoms. The van der Waals surface area contributed by atoms with Gasteiger partial charge in [0.15, 0.2) is 17.3 Å². The first-order valence-electron chi connectivity index (χ1n) is 8.78. The number of carbonyl (C=O) groups is 1. The standard InChI is InChI=1S/C20H17N3O4/c1-12-2-4-13(5-3-12)20-21-19(22-27-20)14-8-18(24)23(10-14)15-6-7-16-17(9-15)26-11-25-16/h2-7,9,14H,8,10-11H2,1H3. The predicted molar refractivity (Wildman–Crippen MR) is 96.7 cm³/mol. The van der Waals surface area contributed by atoms with Gasteiger partial charge in [-0.15, -0.1) is 0 Å². The molecule has 1 aromatic heterocycles. The van der Waals surface area contributed by atoms with Gasteiger partial charge in [-0.3, -0.25) is 4.79 Å². The van der Waals surface area contributed by atoms with Crippen molar-refractivity contribution >= 4 is 11.6 Å². The Balaban J connectivity index is 1.37. The molecule has 0 bridgehead atoms. The van der Waals surface area contributed by atoms with Crippen molar-refractivity contribution in [3.63, 3.8) is 0 Å². The summed E-state index contributed by atoms with van der Waals surface area (Å²) in [5.41, 5.74) is 2.82. The Morgan fingerprint density at radius 3 is 2.74 bits per heavy atom. The number of nitrogens with zero attached hydrogens (tertiary/aromatic N) is 3. The maximum Gasteiger partial charge on any atom is 0.257 e. The summed E-state index contributed by atoms with van der Waals surface area (Å²) in [4.78, 5) is 18.8. The molecule has 3 aromatic rings. The average Bonchev–Trinajstić information content (AvgIpc) is 3.40. The SMILES string of the molecule is Cc1ccc(-c2nc(C3CC(=O)N(c4ccc5c(c4)OCO5)C3)no2)cc1. The van der Waals surface area contributed by atoms with Crippen LogP contribution < -0.4 is 14.4 Å². The van der Waals surface area contributed by atoms with E-state index in [9.17, 15) is 4.79 Å². The molecule has 0 saturated carbocycles. The molecule has 0 spiro atoms. The molecule has 0 N–H and O–H groups in total. The van der Waals surface area contributed by atoms with Crippen LogP contribution in [0.5, 0.6) is 11.5 Å². The number of carbonyl (C=O) groups excluding carboxylic acids is 1. The minimum Gasteiger partial charge on any atom is -0.454 e. The van der Waals surface area contributed by atoms with Crippen LogP contribution in [0.4, 0.5) is 5.69 Å². The number of ether oxygens (including phenoxy) is 2. The molecule has 1 saturated heterocycles. The molecule has 7 heteroatoms. The van der Waals surface area contributed by atoms with Crippen molar-refractivity contribution in [1.29, 1.82) is 0 Å². The molecular weight excluding hydrogens is 346 g/mol. The molecule has 1 amide bonds. The van der Waals surface area contributed by atoms with E-state index in [-0.39, 0.29) is 18.6 Å². The van der Waals surface area contributed by atoms with E-state index in [2.05, 4.69) is 10.1 Å². The van der Waals surface area contributed by atoms with Gasteiger partial charge in [0.2, 0.25) is 12.7 Å². The highest BCUT2D eigenvalue weighted by molar-refractivity contribution is 5.96. The monoisotopic (exact) mass is 363 g/mol. The Morgan fingerprint density at radius 1 is 1.07 bits per heavy atom. The Labute approximate surface area is 155 Å². The molecule has 7 nitrogen and oxygen atoms in total. The van der Waals surface area contributed by atoms with Crippen molar-refractivity contribution < 1.29 is 18.8 Å². The molecule has 5 rings (SSSR count). The number of aromatic nitrogens is 2. The van der Waals surface area contributed by atoms with Crippen LogP contribution in [0, 0.1) is 6.92 Å². The van der Waals surface area contributed by atoms with E-state index in [1.807, 2.05) is 49.4 Å². The lowest BCUT2D eigenvalue weighted by Gasteiger charge is -2.16. The lowest BCUT2D eigenvalue weighted by Crippen LogP contribution is -2.24. The van der Waals surface area contributed by atoms with E-state index < -0.39 is 0 Å². The van der Waals surface area contributed by atoms with Crippen LogP contribution in [-0.4, -0.2) is 29.4 Å². The normalized spacial score (nSPS) is 18.3. The number of aryl methyl sites for hydroxylation is 1. The van der Waals surface area contributed by atoms with E-state index in [1.165, 1.54) is 5.56 Å². The zero-order chi connectivity index (χ0) is 18.4. The van der Waals surface area contributed by atoms with E-state index in [1.54, 1.807) is 4.90 Å². The maximum atomic E-state index is 12.5. The van der Waals surface area contributed by atoms with Crippen molar-refractivity contribution in [3.05, 3.63) is 53.9 Å². The number of hydrogen-bond donors (Lipinski definition) is 0. The highest BCUT2D eigenvalue weighted by atomic mass is 16.7. The van der Waals surface area contributed by atoms with E-state index >= 15 is 0 Å². The summed E-state index contributed by atoms with van der Waals surface area (Å²) in [5.74, 6) is 2.31. The van der Waals surface area contributed by atoms with Crippen LogP contribution in [0.3, 0.4) is 0 Å². The molecule has 2 aliphatic heterocycles. The summed E-state index contributed by atoms with van der Waals surface area (Å²) in [6.45, 7) is 2.74. The molecular formula is C20H17N3O4. The van der Waals surface area contributed by atoms with Crippen molar-refractivity contribution in [3.8, 4) is 23.0 Å². The fourth-order valence-electron chi connectivity index (χ4n) is 3.40. The number of anilines is 1. The Bertz CT molecular complexity index is 1010. The second-order valence-electron chi connectivity index (χ2n) is 6.77. The summed E-state index contributed by atoms with van der Waals surface area (Å²) < 4.78 is 16.1. The Hall–Kier alpha value is -3.35. The van der Waals surface area contributed by atoms with E-state index in [0.717, 1.165) is 11.3 Å². The first-order valence-corrected chi connectivity index (χ1v) is 8.78. The van der Waals surface area contributed by atoms with Gasteiger partial charge in [0, 0.05) is 36.2 Å². The molecule has 136 valence electrons. The van der Waals surface area contributed by atoms with Crippen molar-refractivity contribution in [1.82, 2.24) is 10.1 Å². The molecule has 2 aliphatic rings. The van der Waals surface area contributed by atoms with E-state index in [0.29, 0.717) is 36.2 Å². The van der Waals surface area contributed by atoms with Gasteiger partial charge in [-0.2, -0.15) is 4.98 Å². The lowest BCUT2D eigenvalue weighted by molar-refractivity contribution is -0.117. The minimum atomic E-state index is -0.106. The number of fused-ring (bicyclic) bond motifs is 1. The van der Waals surface area contributed by atoms with Gasteiger partial charge in [-0.05, 0) is 31.2 Å². The zero-order valence-corrected chi connectivity index (χ0v) is 14.7. The Kier molecular flexibility index (Phi) is 3.60. The van der Waals surface area contributed by atoms with Crippen molar-refractivity contribution in [2.75, 3.05) is 18.2 Å². The molecule has 0 aliphatic carbocycles. The summed E-state index contributed by atoms with van der Waals surface area (Å²) in [6, 6.07) is 13.4. The molecule has 3 heterocycles. The van der Waals surface area contributed by atoms with Gasteiger partial charge in [-0.25, -0.2) is 0 Å². The summed E-state index contributed by atoms with van der Waals surface area (Å²) in [5, 5.41) is 4.11. The Morgan fingerprint density at radius 2 is 1.89 bits per heavy atom. The molecule has 1 atom stereocenters. The second kappa shape index (κ2) is 6.12. The fraction of sp³-hybridized carbons (Fsp3) is 0.250. The summed E-state index contributed by atoms with van der Waals surface area (Å²) in [6.07, 6.45) is 0.349. The molecule has 1 unspecified atom stereocenters. The largest absolute Gasteiger partial charge is 0.454 e. The van der Waals surface area contributed by atoms with Crippen LogP contribution in [0.15, 0.2) is 47.0 Å². The van der Waals surface area contributed by atoms with Gasteiger partial charge in [-0.1, -0.05) is 22.9 Å². The first kappa shape index (κ1) is 15.9. The number of benzene rings is 2. The number of amides is 1. The number of hydrogen-bond acceptors (Lipinski definition) is 6. The smallest absolute Gasteiger partial charge is 0.257 e. The van der Waals surface area contributed by atoms with Crippen LogP contribution >= 0.6 is 0 Å². The third-order valence-electron chi connectivity index (χ3n) is 4.90. The molecule has 1 fully saturated rings. The lowest BCUT2D eigenvalue weighted by atomic mass is 10.1. The zero-order valence-electron chi connectivity index (χ0n) is 14.7. The van der Waals surface area contributed by atoms with Crippen molar-refractivity contribution in [2.24, 2.45) is 0 Å². The second-order valence-corrected chi connectivity index (χ2v) is 6.77.